The number of amides is 1. The van der Waals surface area contributed by atoms with Crippen molar-refractivity contribution in [3.8, 4) is 0 Å². The number of halogens is 1. The third kappa shape index (κ3) is 5.20. The van der Waals surface area contributed by atoms with E-state index in [9.17, 15) is 9.18 Å². The number of alkyl carbamates (subject to hydrolysis) is 1. The fourth-order valence-electron chi connectivity index (χ4n) is 2.82. The van der Waals surface area contributed by atoms with E-state index in [2.05, 4.69) is 10.6 Å². The monoisotopic (exact) mass is 322 g/mol. The van der Waals surface area contributed by atoms with Crippen LogP contribution >= 0.6 is 0 Å². The maximum absolute atomic E-state index is 13.9. The SMILES string of the molecule is CCC(NC1CC(NC(=O)OC(C)(C)C)C1)c1ccccc1F. The van der Waals surface area contributed by atoms with Gasteiger partial charge in [0.15, 0.2) is 0 Å². The predicted octanol–water partition coefficient (Wildman–Crippen LogP) is 3.92. The summed E-state index contributed by atoms with van der Waals surface area (Å²) in [6.07, 6.45) is 2.12. The Morgan fingerprint density at radius 3 is 2.52 bits per heavy atom. The van der Waals surface area contributed by atoms with E-state index in [0.29, 0.717) is 11.6 Å². The summed E-state index contributed by atoms with van der Waals surface area (Å²) in [5, 5.41) is 6.35. The molecule has 4 nitrogen and oxygen atoms in total. The second-order valence-corrected chi connectivity index (χ2v) is 7.16. The average Bonchev–Trinajstić information content (AvgIpc) is 2.40. The lowest BCUT2D eigenvalue weighted by Crippen LogP contribution is -2.53. The standard InChI is InChI=1S/C18H27FN2O2/c1-5-16(14-8-6-7-9-15(14)19)20-12-10-13(11-12)21-17(22)23-18(2,3)4/h6-9,12-13,16,20H,5,10-11H2,1-4H3,(H,21,22). The first kappa shape index (κ1) is 17.7. The van der Waals surface area contributed by atoms with Crippen molar-refractivity contribution in [2.45, 2.75) is 70.7 Å². The first-order valence-electron chi connectivity index (χ1n) is 8.28. The number of carbonyl (C=O) groups excluding carboxylic acids is 1. The summed E-state index contributed by atoms with van der Waals surface area (Å²) in [7, 11) is 0. The maximum Gasteiger partial charge on any atom is 0.407 e. The minimum absolute atomic E-state index is 0.00340. The maximum atomic E-state index is 13.9. The summed E-state index contributed by atoms with van der Waals surface area (Å²) in [6, 6.07) is 7.30. The molecule has 1 aliphatic carbocycles. The number of hydrogen-bond donors (Lipinski definition) is 2. The average molecular weight is 322 g/mol. The second-order valence-electron chi connectivity index (χ2n) is 7.16. The van der Waals surface area contributed by atoms with Gasteiger partial charge in [0.2, 0.25) is 0 Å². The third-order valence-electron chi connectivity index (χ3n) is 3.98. The van der Waals surface area contributed by atoms with Crippen molar-refractivity contribution in [3.05, 3.63) is 35.6 Å². The van der Waals surface area contributed by atoms with Gasteiger partial charge in [-0.05, 0) is 46.1 Å². The Balaban J connectivity index is 1.79. The quantitative estimate of drug-likeness (QED) is 0.864. The van der Waals surface area contributed by atoms with Crippen molar-refractivity contribution >= 4 is 6.09 Å². The van der Waals surface area contributed by atoms with Crippen LogP contribution in [-0.4, -0.2) is 23.8 Å². The zero-order chi connectivity index (χ0) is 17.0. The molecule has 1 fully saturated rings. The fraction of sp³-hybridized carbons (Fsp3) is 0.611. The number of nitrogens with one attached hydrogen (secondary N) is 2. The summed E-state index contributed by atoms with van der Waals surface area (Å²) in [6.45, 7) is 7.58. The van der Waals surface area contributed by atoms with Gasteiger partial charge in [-0.2, -0.15) is 0 Å². The largest absolute Gasteiger partial charge is 0.444 e. The van der Waals surface area contributed by atoms with Crippen molar-refractivity contribution in [1.82, 2.24) is 10.6 Å². The van der Waals surface area contributed by atoms with Crippen molar-refractivity contribution in [2.24, 2.45) is 0 Å². The molecule has 1 unspecified atom stereocenters. The van der Waals surface area contributed by atoms with Gasteiger partial charge in [-0.25, -0.2) is 9.18 Å². The lowest BCUT2D eigenvalue weighted by Gasteiger charge is -2.39. The van der Waals surface area contributed by atoms with E-state index >= 15 is 0 Å². The van der Waals surface area contributed by atoms with Crippen LogP contribution in [0.25, 0.3) is 0 Å². The Bertz CT molecular complexity index is 536. The second kappa shape index (κ2) is 7.30. The topological polar surface area (TPSA) is 50.4 Å². The molecule has 1 aromatic rings. The van der Waals surface area contributed by atoms with Crippen LogP contribution in [0.4, 0.5) is 9.18 Å². The first-order chi connectivity index (χ1) is 10.8. The molecule has 0 aliphatic heterocycles. The van der Waals surface area contributed by atoms with Crippen LogP contribution in [0.1, 0.15) is 58.6 Å². The zero-order valence-corrected chi connectivity index (χ0v) is 14.4. The van der Waals surface area contributed by atoms with Gasteiger partial charge in [0, 0.05) is 23.7 Å². The van der Waals surface area contributed by atoms with E-state index in [1.807, 2.05) is 39.8 Å². The first-order valence-corrected chi connectivity index (χ1v) is 8.28. The zero-order valence-electron chi connectivity index (χ0n) is 14.4. The summed E-state index contributed by atoms with van der Waals surface area (Å²) < 4.78 is 19.1. The highest BCUT2D eigenvalue weighted by atomic mass is 19.1. The molecule has 128 valence electrons. The van der Waals surface area contributed by atoms with Gasteiger partial charge in [0.05, 0.1) is 0 Å². The van der Waals surface area contributed by atoms with Crippen LogP contribution in [0.3, 0.4) is 0 Å². The van der Waals surface area contributed by atoms with Gasteiger partial charge < -0.3 is 15.4 Å². The highest BCUT2D eigenvalue weighted by molar-refractivity contribution is 5.68. The highest BCUT2D eigenvalue weighted by Crippen LogP contribution is 2.27. The number of hydrogen-bond acceptors (Lipinski definition) is 3. The number of rotatable bonds is 5. The third-order valence-corrected chi connectivity index (χ3v) is 3.98. The molecule has 1 aromatic carbocycles. The number of benzene rings is 1. The molecule has 2 rings (SSSR count). The van der Waals surface area contributed by atoms with E-state index in [4.69, 9.17) is 4.74 Å². The van der Waals surface area contributed by atoms with Gasteiger partial charge >= 0.3 is 6.09 Å². The van der Waals surface area contributed by atoms with E-state index in [0.717, 1.165) is 19.3 Å². The Labute approximate surface area is 137 Å². The molecule has 5 heteroatoms. The van der Waals surface area contributed by atoms with E-state index in [1.54, 1.807) is 6.07 Å². The van der Waals surface area contributed by atoms with Crippen molar-refractivity contribution in [3.63, 3.8) is 0 Å². The molecule has 0 radical (unpaired) electrons. The molecule has 1 atom stereocenters. The fourth-order valence-corrected chi connectivity index (χ4v) is 2.82. The summed E-state index contributed by atoms with van der Waals surface area (Å²) in [5.74, 6) is -0.172. The smallest absolute Gasteiger partial charge is 0.407 e. The Morgan fingerprint density at radius 2 is 1.96 bits per heavy atom. The van der Waals surface area contributed by atoms with Gasteiger partial charge in [-0.1, -0.05) is 25.1 Å². The van der Waals surface area contributed by atoms with E-state index < -0.39 is 5.60 Å². The Morgan fingerprint density at radius 1 is 1.30 bits per heavy atom. The van der Waals surface area contributed by atoms with Crippen LogP contribution < -0.4 is 10.6 Å². The molecule has 1 aliphatic rings. The van der Waals surface area contributed by atoms with E-state index in [1.165, 1.54) is 6.07 Å². The van der Waals surface area contributed by atoms with Crippen molar-refractivity contribution < 1.29 is 13.9 Å². The van der Waals surface area contributed by atoms with E-state index in [-0.39, 0.29) is 24.0 Å². The highest BCUT2D eigenvalue weighted by Gasteiger charge is 2.33. The lowest BCUT2D eigenvalue weighted by molar-refractivity contribution is 0.0462. The van der Waals surface area contributed by atoms with Gasteiger partial charge in [0.1, 0.15) is 11.4 Å². The minimum Gasteiger partial charge on any atom is -0.444 e. The Kier molecular flexibility index (Phi) is 5.63. The Hall–Kier alpha value is -1.62. The van der Waals surface area contributed by atoms with Crippen LogP contribution in [0.15, 0.2) is 24.3 Å². The molecule has 23 heavy (non-hydrogen) atoms. The molecular weight excluding hydrogens is 295 g/mol. The van der Waals surface area contributed by atoms with Gasteiger partial charge in [-0.3, -0.25) is 0 Å². The summed E-state index contributed by atoms with van der Waals surface area (Å²) >= 11 is 0. The van der Waals surface area contributed by atoms with Crippen LogP contribution in [0.2, 0.25) is 0 Å². The molecule has 0 bridgehead atoms. The molecule has 0 spiro atoms. The molecule has 1 amide bonds. The van der Waals surface area contributed by atoms with Crippen LogP contribution in [0.5, 0.6) is 0 Å². The van der Waals surface area contributed by atoms with Gasteiger partial charge in [0.25, 0.3) is 0 Å². The summed E-state index contributed by atoms with van der Waals surface area (Å²) in [4.78, 5) is 11.7. The number of carbonyl (C=O) groups is 1. The van der Waals surface area contributed by atoms with Crippen molar-refractivity contribution in [1.29, 1.82) is 0 Å². The molecule has 0 saturated heterocycles. The van der Waals surface area contributed by atoms with Crippen molar-refractivity contribution in [2.75, 3.05) is 0 Å². The summed E-state index contributed by atoms with van der Waals surface area (Å²) in [5.41, 5.74) is 0.224. The predicted molar refractivity (Wildman–Crippen MR) is 88.7 cm³/mol. The normalized spacial score (nSPS) is 22.1. The van der Waals surface area contributed by atoms with Crippen LogP contribution in [0, 0.1) is 5.82 Å². The lowest BCUT2D eigenvalue weighted by atomic mass is 9.85. The van der Waals surface area contributed by atoms with Gasteiger partial charge in [-0.15, -0.1) is 0 Å². The molecular formula is C18H27FN2O2. The molecule has 0 aromatic heterocycles. The molecule has 2 N–H and O–H groups in total. The van der Waals surface area contributed by atoms with Crippen LogP contribution in [-0.2, 0) is 4.74 Å². The molecule has 0 heterocycles. The minimum atomic E-state index is -0.483. The number of ether oxygens (including phenoxy) is 1. The molecule has 1 saturated carbocycles.